The number of fused-ring (bicyclic) bond motifs is 2. The molecule has 0 fully saturated rings. The monoisotopic (exact) mass is 258 g/mol. The van der Waals surface area contributed by atoms with Crippen LogP contribution in [0.15, 0.2) is 34.6 Å². The highest BCUT2D eigenvalue weighted by Crippen LogP contribution is 2.22. The Balaban J connectivity index is 2.32. The molecule has 0 radical (unpaired) electrons. The normalized spacial score (nSPS) is 15.3. The Labute approximate surface area is 109 Å². The van der Waals surface area contributed by atoms with Crippen molar-refractivity contribution in [2.24, 2.45) is 10.7 Å². The highest BCUT2D eigenvalue weighted by atomic mass is 32.1. The number of aliphatic hydroxyl groups excluding tert-OH is 1. The molecule has 3 nitrogen and oxygen atoms in total. The van der Waals surface area contributed by atoms with Crippen molar-refractivity contribution in [2.45, 2.75) is 19.6 Å². The number of rotatable bonds is 1. The van der Waals surface area contributed by atoms with Crippen molar-refractivity contribution in [3.63, 3.8) is 0 Å². The largest absolute Gasteiger partial charge is 0.398 e. The van der Waals surface area contributed by atoms with Gasteiger partial charge in [0.05, 0.1) is 18.0 Å². The molecule has 1 aromatic heterocycles. The lowest BCUT2D eigenvalue weighted by Gasteiger charge is -2.04. The van der Waals surface area contributed by atoms with E-state index in [-0.39, 0.29) is 0 Å². The standard InChI is InChI=1S/C14H14N2OS/c1-8(17)9-2-3-10-12(6-9)16-7-13-11(14(10)15)4-5-18-13/h2-6,8,17H,7,15H2,1H3. The molecule has 1 aromatic carbocycles. The van der Waals surface area contributed by atoms with Gasteiger partial charge in [-0.25, -0.2) is 0 Å². The maximum atomic E-state index is 9.62. The molecule has 1 atom stereocenters. The second-order valence-corrected chi connectivity index (χ2v) is 5.44. The predicted molar refractivity (Wildman–Crippen MR) is 72.6 cm³/mol. The molecule has 0 spiro atoms. The molecule has 1 unspecified atom stereocenters. The quantitative estimate of drug-likeness (QED) is 0.803. The first kappa shape index (κ1) is 11.4. The topological polar surface area (TPSA) is 58.6 Å². The molecule has 1 aliphatic rings. The van der Waals surface area contributed by atoms with Crippen LogP contribution in [0.2, 0.25) is 0 Å². The first-order chi connectivity index (χ1) is 8.66. The molecule has 92 valence electrons. The third-order valence-electron chi connectivity index (χ3n) is 3.22. The average molecular weight is 258 g/mol. The molecular weight excluding hydrogens is 244 g/mol. The molecule has 0 bridgehead atoms. The summed E-state index contributed by atoms with van der Waals surface area (Å²) in [6.45, 7) is 2.41. The molecule has 18 heavy (non-hydrogen) atoms. The SMILES string of the molecule is CC(O)c1ccc2c(c1)=NCc1sccc1C=2N. The van der Waals surface area contributed by atoms with E-state index in [0.717, 1.165) is 27.4 Å². The van der Waals surface area contributed by atoms with E-state index >= 15 is 0 Å². The number of nitrogens with zero attached hydrogens (tertiary/aromatic N) is 1. The number of aliphatic hydroxyl groups is 1. The highest BCUT2D eigenvalue weighted by molar-refractivity contribution is 7.10. The van der Waals surface area contributed by atoms with Crippen LogP contribution in [0.5, 0.6) is 0 Å². The summed E-state index contributed by atoms with van der Waals surface area (Å²) >= 11 is 1.68. The minimum absolute atomic E-state index is 0.482. The van der Waals surface area contributed by atoms with Crippen LogP contribution in [0.1, 0.15) is 29.0 Å². The van der Waals surface area contributed by atoms with Crippen molar-refractivity contribution in [1.82, 2.24) is 0 Å². The summed E-state index contributed by atoms with van der Waals surface area (Å²) in [5.41, 5.74) is 8.97. The summed E-state index contributed by atoms with van der Waals surface area (Å²) in [7, 11) is 0. The van der Waals surface area contributed by atoms with Crippen molar-refractivity contribution < 1.29 is 5.11 Å². The highest BCUT2D eigenvalue weighted by Gasteiger charge is 2.11. The van der Waals surface area contributed by atoms with Gasteiger partial charge in [-0.05, 0) is 30.0 Å². The average Bonchev–Trinajstić information content (AvgIpc) is 2.78. The van der Waals surface area contributed by atoms with E-state index in [1.165, 1.54) is 4.88 Å². The lowest BCUT2D eigenvalue weighted by atomic mass is 10.1. The summed E-state index contributed by atoms with van der Waals surface area (Å²) < 4.78 is 0. The van der Waals surface area contributed by atoms with Gasteiger partial charge in [0.2, 0.25) is 0 Å². The van der Waals surface area contributed by atoms with Gasteiger partial charge in [-0.3, -0.25) is 4.99 Å². The van der Waals surface area contributed by atoms with Gasteiger partial charge in [-0.2, -0.15) is 0 Å². The third-order valence-corrected chi connectivity index (χ3v) is 4.13. The van der Waals surface area contributed by atoms with E-state index in [2.05, 4.69) is 4.99 Å². The van der Waals surface area contributed by atoms with Gasteiger partial charge in [-0.1, -0.05) is 12.1 Å². The van der Waals surface area contributed by atoms with E-state index < -0.39 is 6.10 Å². The minimum Gasteiger partial charge on any atom is -0.398 e. The smallest absolute Gasteiger partial charge is 0.0762 e. The first-order valence-corrected chi connectivity index (χ1v) is 6.74. The van der Waals surface area contributed by atoms with Gasteiger partial charge < -0.3 is 10.8 Å². The second-order valence-electron chi connectivity index (χ2n) is 4.44. The zero-order valence-corrected chi connectivity index (χ0v) is 10.9. The number of thiophene rings is 1. The number of hydrogen-bond acceptors (Lipinski definition) is 4. The fourth-order valence-corrected chi connectivity index (χ4v) is 2.98. The van der Waals surface area contributed by atoms with Crippen LogP contribution < -0.4 is 16.3 Å². The first-order valence-electron chi connectivity index (χ1n) is 5.86. The minimum atomic E-state index is -0.482. The predicted octanol–water partition coefficient (Wildman–Crippen LogP) is 1.05. The van der Waals surface area contributed by atoms with Gasteiger partial charge >= 0.3 is 0 Å². The van der Waals surface area contributed by atoms with Crippen LogP contribution in [0.4, 0.5) is 0 Å². The van der Waals surface area contributed by atoms with Gasteiger partial charge in [0, 0.05) is 21.4 Å². The molecule has 3 rings (SSSR count). The Kier molecular flexibility index (Phi) is 2.69. The summed E-state index contributed by atoms with van der Waals surface area (Å²) in [5, 5.41) is 13.5. The van der Waals surface area contributed by atoms with Gasteiger partial charge in [0.25, 0.3) is 0 Å². The van der Waals surface area contributed by atoms with Gasteiger partial charge in [0.1, 0.15) is 0 Å². The van der Waals surface area contributed by atoms with Crippen LogP contribution >= 0.6 is 11.3 Å². The zero-order chi connectivity index (χ0) is 12.7. The number of hydrogen-bond donors (Lipinski definition) is 2. The molecule has 0 saturated carbocycles. The van der Waals surface area contributed by atoms with E-state index in [0.29, 0.717) is 6.54 Å². The summed E-state index contributed by atoms with van der Waals surface area (Å²) in [4.78, 5) is 5.79. The number of nitrogens with two attached hydrogens (primary N) is 1. The lowest BCUT2D eigenvalue weighted by Crippen LogP contribution is -2.30. The van der Waals surface area contributed by atoms with Crippen molar-refractivity contribution in [3.05, 3.63) is 56.2 Å². The third kappa shape index (κ3) is 1.74. The van der Waals surface area contributed by atoms with Gasteiger partial charge in [-0.15, -0.1) is 11.3 Å². The van der Waals surface area contributed by atoms with E-state index in [4.69, 9.17) is 5.73 Å². The molecule has 0 amide bonds. The van der Waals surface area contributed by atoms with E-state index in [1.807, 2.05) is 29.6 Å². The Morgan fingerprint density at radius 2 is 2.22 bits per heavy atom. The van der Waals surface area contributed by atoms with Crippen LogP contribution in [0, 0.1) is 0 Å². The van der Waals surface area contributed by atoms with Crippen LogP contribution in [-0.2, 0) is 6.54 Å². The zero-order valence-electron chi connectivity index (χ0n) is 10.1. The van der Waals surface area contributed by atoms with Crippen LogP contribution in [0.25, 0.3) is 5.70 Å². The van der Waals surface area contributed by atoms with E-state index in [9.17, 15) is 5.11 Å². The molecule has 4 heteroatoms. The van der Waals surface area contributed by atoms with E-state index in [1.54, 1.807) is 18.3 Å². The maximum absolute atomic E-state index is 9.62. The van der Waals surface area contributed by atoms with Crippen LogP contribution in [-0.4, -0.2) is 5.11 Å². The van der Waals surface area contributed by atoms with Crippen molar-refractivity contribution in [2.75, 3.05) is 0 Å². The second kappa shape index (κ2) is 4.23. The summed E-state index contributed by atoms with van der Waals surface area (Å²) in [6, 6.07) is 7.82. The fraction of sp³-hybridized carbons (Fsp3) is 0.214. The Morgan fingerprint density at radius 3 is 3.00 bits per heavy atom. The molecule has 2 aromatic rings. The molecule has 2 heterocycles. The van der Waals surface area contributed by atoms with Gasteiger partial charge in [0.15, 0.2) is 0 Å². The molecular formula is C14H14N2OS. The Morgan fingerprint density at radius 1 is 1.39 bits per heavy atom. The number of benzene rings is 1. The molecule has 0 aliphatic carbocycles. The lowest BCUT2D eigenvalue weighted by molar-refractivity contribution is 0.199. The molecule has 0 saturated heterocycles. The fourth-order valence-electron chi connectivity index (χ4n) is 2.17. The Hall–Kier alpha value is -1.65. The van der Waals surface area contributed by atoms with Crippen molar-refractivity contribution in [3.8, 4) is 0 Å². The molecule has 1 aliphatic heterocycles. The Bertz CT molecular complexity index is 716. The summed E-state index contributed by atoms with van der Waals surface area (Å²) in [5.74, 6) is 0. The van der Waals surface area contributed by atoms with Crippen LogP contribution in [0.3, 0.4) is 0 Å². The maximum Gasteiger partial charge on any atom is 0.0762 e. The molecule has 3 N–H and O–H groups in total. The van der Waals surface area contributed by atoms with Crippen molar-refractivity contribution in [1.29, 1.82) is 0 Å². The van der Waals surface area contributed by atoms with Crippen molar-refractivity contribution >= 4 is 17.0 Å². The summed E-state index contributed by atoms with van der Waals surface area (Å²) in [6.07, 6.45) is -0.482.